The normalized spacial score (nSPS) is 20.7. The van der Waals surface area contributed by atoms with Gasteiger partial charge in [0, 0.05) is 5.69 Å². The number of nitrogens with two attached hydrogens (primary N) is 2. The van der Waals surface area contributed by atoms with Gasteiger partial charge in [-0.05, 0) is 37.8 Å². The van der Waals surface area contributed by atoms with Gasteiger partial charge in [0.25, 0.3) is 0 Å². The molecule has 0 atom stereocenters. The number of hydrogen-bond acceptors (Lipinski definition) is 5. The second-order valence-electron chi connectivity index (χ2n) is 4.80. The van der Waals surface area contributed by atoms with Crippen LogP contribution in [0.2, 0.25) is 0 Å². The van der Waals surface area contributed by atoms with Gasteiger partial charge in [-0.3, -0.25) is 4.90 Å². The molecule has 1 aliphatic heterocycles. The zero-order valence-corrected chi connectivity index (χ0v) is 11.3. The lowest BCUT2D eigenvalue weighted by molar-refractivity contribution is -0.00000436. The monoisotopic (exact) mass is 278 g/mol. The maximum Gasteiger partial charge on any atom is 0.220 e. The van der Waals surface area contributed by atoms with Crippen LogP contribution >= 0.6 is 0 Å². The Bertz CT molecular complexity index is 505. The third-order valence-electron chi connectivity index (χ3n) is 3.62. The van der Waals surface area contributed by atoms with Crippen LogP contribution in [-0.4, -0.2) is 17.6 Å². The van der Waals surface area contributed by atoms with E-state index >= 15 is 0 Å². The molecule has 102 valence electrons. The molecule has 1 aromatic carbocycles. The average molecular weight is 279 g/mol. The Labute approximate surface area is 118 Å². The quantitative estimate of drug-likeness (QED) is 0.650. The Morgan fingerprint density at radius 2 is 1.68 bits per heavy atom. The Balaban J connectivity index is 0.00000133. The highest BCUT2D eigenvalue weighted by molar-refractivity contribution is 6.05. The standard InChI is InChI=1S/C13H17N5.ClH/c14-11-16-12(15)18(10-6-2-1-3-7-10)13(17-11)8-4-5-9-13;/h1-3,6-7H,4-5,8-9H2,(H4,14,15,16,17);1H/p-1. The summed E-state index contributed by atoms with van der Waals surface area (Å²) in [7, 11) is 0. The van der Waals surface area contributed by atoms with E-state index in [1.165, 1.54) is 0 Å². The molecule has 2 aliphatic rings. The Hall–Kier alpha value is -1.75. The largest absolute Gasteiger partial charge is 1.00 e. The Kier molecular flexibility index (Phi) is 3.66. The van der Waals surface area contributed by atoms with E-state index in [0.29, 0.717) is 11.9 Å². The first-order valence-corrected chi connectivity index (χ1v) is 6.26. The second kappa shape index (κ2) is 5.09. The number of halogens is 1. The van der Waals surface area contributed by atoms with Gasteiger partial charge in [-0.15, -0.1) is 0 Å². The average Bonchev–Trinajstić information content (AvgIpc) is 2.78. The molecular formula is C13H17ClN5-. The van der Waals surface area contributed by atoms with E-state index in [1.807, 2.05) is 35.2 Å². The molecule has 0 radical (unpaired) electrons. The maximum absolute atomic E-state index is 6.07. The van der Waals surface area contributed by atoms with E-state index in [4.69, 9.17) is 11.5 Å². The SMILES string of the molecule is NC1=NC2(CCCC2)N(c2ccccc2)C(N)=N1.[Cl-]. The van der Waals surface area contributed by atoms with Crippen LogP contribution in [0.3, 0.4) is 0 Å². The fraction of sp³-hybridized carbons (Fsp3) is 0.385. The highest BCUT2D eigenvalue weighted by atomic mass is 35.5. The molecule has 6 heteroatoms. The molecule has 3 rings (SSSR count). The van der Waals surface area contributed by atoms with Crippen molar-refractivity contribution in [3.8, 4) is 0 Å². The highest BCUT2D eigenvalue weighted by Gasteiger charge is 2.43. The number of rotatable bonds is 1. The summed E-state index contributed by atoms with van der Waals surface area (Å²) in [5.41, 5.74) is 12.5. The number of para-hydroxylation sites is 1. The van der Waals surface area contributed by atoms with Gasteiger partial charge in [0.2, 0.25) is 11.9 Å². The van der Waals surface area contributed by atoms with Crippen LogP contribution in [-0.2, 0) is 0 Å². The van der Waals surface area contributed by atoms with Crippen molar-refractivity contribution in [1.82, 2.24) is 0 Å². The van der Waals surface area contributed by atoms with Crippen LogP contribution in [0.4, 0.5) is 5.69 Å². The third-order valence-corrected chi connectivity index (χ3v) is 3.62. The van der Waals surface area contributed by atoms with E-state index < -0.39 is 0 Å². The van der Waals surface area contributed by atoms with Crippen molar-refractivity contribution < 1.29 is 12.4 Å². The van der Waals surface area contributed by atoms with Gasteiger partial charge in [-0.25, -0.2) is 4.99 Å². The van der Waals surface area contributed by atoms with Crippen molar-refractivity contribution in [2.75, 3.05) is 4.90 Å². The fourth-order valence-electron chi connectivity index (χ4n) is 2.90. The minimum atomic E-state index is -0.322. The van der Waals surface area contributed by atoms with Gasteiger partial charge in [0.1, 0.15) is 5.66 Å². The highest BCUT2D eigenvalue weighted by Crippen LogP contribution is 2.40. The number of nitrogens with zero attached hydrogens (tertiary/aromatic N) is 3. The molecule has 0 bridgehead atoms. The summed E-state index contributed by atoms with van der Waals surface area (Å²) in [6.07, 6.45) is 4.23. The summed E-state index contributed by atoms with van der Waals surface area (Å²) < 4.78 is 0. The molecule has 1 spiro atoms. The number of benzene rings is 1. The number of hydrogen-bond donors (Lipinski definition) is 2. The molecule has 1 aliphatic carbocycles. The molecule has 1 fully saturated rings. The number of aliphatic imine (C=N–C) groups is 2. The van der Waals surface area contributed by atoms with Crippen LogP contribution < -0.4 is 28.8 Å². The smallest absolute Gasteiger partial charge is 0.220 e. The zero-order chi connectivity index (χ0) is 12.6. The summed E-state index contributed by atoms with van der Waals surface area (Å²) in [6, 6.07) is 10.0. The van der Waals surface area contributed by atoms with E-state index in [-0.39, 0.29) is 18.1 Å². The molecule has 0 saturated heterocycles. The molecule has 1 saturated carbocycles. The minimum absolute atomic E-state index is 0. The molecule has 19 heavy (non-hydrogen) atoms. The molecule has 0 amide bonds. The first-order chi connectivity index (χ1) is 8.71. The zero-order valence-electron chi connectivity index (χ0n) is 10.6. The topological polar surface area (TPSA) is 80.0 Å². The van der Waals surface area contributed by atoms with E-state index in [0.717, 1.165) is 31.4 Å². The summed E-state index contributed by atoms with van der Waals surface area (Å²) in [4.78, 5) is 10.7. The minimum Gasteiger partial charge on any atom is -1.00 e. The summed E-state index contributed by atoms with van der Waals surface area (Å²) in [5, 5.41) is 0. The molecule has 0 unspecified atom stereocenters. The van der Waals surface area contributed by atoms with Crippen molar-refractivity contribution in [2.45, 2.75) is 31.3 Å². The van der Waals surface area contributed by atoms with Crippen LogP contribution in [0.15, 0.2) is 40.3 Å². The van der Waals surface area contributed by atoms with Crippen molar-refractivity contribution in [2.24, 2.45) is 21.5 Å². The maximum atomic E-state index is 6.07. The van der Waals surface area contributed by atoms with E-state index in [1.54, 1.807) is 0 Å². The van der Waals surface area contributed by atoms with Gasteiger partial charge < -0.3 is 23.9 Å². The molecule has 1 aromatic rings. The number of anilines is 1. The molecule has 1 heterocycles. The van der Waals surface area contributed by atoms with Crippen molar-refractivity contribution in [1.29, 1.82) is 0 Å². The molecule has 4 N–H and O–H groups in total. The summed E-state index contributed by atoms with van der Waals surface area (Å²) in [5.74, 6) is 0.734. The van der Waals surface area contributed by atoms with Gasteiger partial charge in [-0.2, -0.15) is 4.99 Å². The lowest BCUT2D eigenvalue weighted by atomic mass is 10.1. The van der Waals surface area contributed by atoms with Crippen LogP contribution in [0.25, 0.3) is 0 Å². The molecular weight excluding hydrogens is 262 g/mol. The second-order valence-corrected chi connectivity index (χ2v) is 4.80. The fourth-order valence-corrected chi connectivity index (χ4v) is 2.90. The van der Waals surface area contributed by atoms with E-state index in [2.05, 4.69) is 9.98 Å². The van der Waals surface area contributed by atoms with Crippen molar-refractivity contribution in [3.63, 3.8) is 0 Å². The number of guanidine groups is 2. The first kappa shape index (κ1) is 13.7. The summed E-state index contributed by atoms with van der Waals surface area (Å²) in [6.45, 7) is 0. The van der Waals surface area contributed by atoms with Crippen molar-refractivity contribution in [3.05, 3.63) is 30.3 Å². The Morgan fingerprint density at radius 1 is 1.05 bits per heavy atom. The van der Waals surface area contributed by atoms with E-state index in [9.17, 15) is 0 Å². The van der Waals surface area contributed by atoms with Gasteiger partial charge in [0.15, 0.2) is 0 Å². The molecule has 5 nitrogen and oxygen atoms in total. The molecule has 0 aromatic heterocycles. The van der Waals surface area contributed by atoms with Crippen molar-refractivity contribution >= 4 is 17.6 Å². The first-order valence-electron chi connectivity index (χ1n) is 6.26. The van der Waals surface area contributed by atoms with Crippen LogP contribution in [0.1, 0.15) is 25.7 Å². The third kappa shape index (κ3) is 2.26. The predicted molar refractivity (Wildman–Crippen MR) is 73.4 cm³/mol. The van der Waals surface area contributed by atoms with Crippen LogP contribution in [0.5, 0.6) is 0 Å². The summed E-state index contributed by atoms with van der Waals surface area (Å²) >= 11 is 0. The predicted octanol–water partition coefficient (Wildman–Crippen LogP) is -1.59. The lowest BCUT2D eigenvalue weighted by Gasteiger charge is -2.41. The lowest BCUT2D eigenvalue weighted by Crippen LogP contribution is -3.00. The van der Waals surface area contributed by atoms with Crippen LogP contribution in [0, 0.1) is 0 Å². The van der Waals surface area contributed by atoms with Gasteiger partial charge in [0.05, 0.1) is 0 Å². The Morgan fingerprint density at radius 3 is 2.32 bits per heavy atom. The van der Waals surface area contributed by atoms with Gasteiger partial charge in [-0.1, -0.05) is 18.2 Å². The van der Waals surface area contributed by atoms with Gasteiger partial charge >= 0.3 is 0 Å².